The highest BCUT2D eigenvalue weighted by Gasteiger charge is 2.29. The van der Waals surface area contributed by atoms with Gasteiger partial charge in [0.1, 0.15) is 11.8 Å². The summed E-state index contributed by atoms with van der Waals surface area (Å²) in [4.78, 5) is 37.5. The minimum Gasteiger partial charge on any atom is -0.340 e. The van der Waals surface area contributed by atoms with Crippen molar-refractivity contribution in [2.24, 2.45) is 21.8 Å². The molecule has 134 valence electrons. The molecule has 0 bridgehead atoms. The molecule has 3 aliphatic rings. The molecular weight excluding hydrogens is 316 g/mol. The molecule has 25 heavy (non-hydrogen) atoms. The zero-order chi connectivity index (χ0) is 17.8. The number of rotatable bonds is 5. The van der Waals surface area contributed by atoms with E-state index in [2.05, 4.69) is 28.7 Å². The summed E-state index contributed by atoms with van der Waals surface area (Å²) in [6, 6.07) is 0. The summed E-state index contributed by atoms with van der Waals surface area (Å²) >= 11 is 0. The number of aliphatic imine (C=N–C) groups is 2. The zero-order valence-electron chi connectivity index (χ0n) is 15.0. The van der Waals surface area contributed by atoms with Crippen LogP contribution in [0, 0.1) is 11.8 Å². The van der Waals surface area contributed by atoms with Crippen molar-refractivity contribution in [3.05, 3.63) is 24.3 Å². The maximum absolute atomic E-state index is 12.5. The number of allylic oxidation sites excluding steroid dienone is 3. The molecule has 1 fully saturated rings. The molecule has 6 heteroatoms. The van der Waals surface area contributed by atoms with Gasteiger partial charge < -0.3 is 4.90 Å². The predicted molar refractivity (Wildman–Crippen MR) is 98.7 cm³/mol. The molecule has 2 aliphatic heterocycles. The smallest absolute Gasteiger partial charge is 0.260 e. The topological polar surface area (TPSA) is 65.3 Å². The number of hydrogen-bond donors (Lipinski definition) is 0. The lowest BCUT2D eigenvalue weighted by Gasteiger charge is -2.36. The lowest BCUT2D eigenvalue weighted by atomic mass is 9.96. The number of hydrogen-bond acceptors (Lipinski definition) is 4. The molecule has 6 nitrogen and oxygen atoms in total. The van der Waals surface area contributed by atoms with Crippen molar-refractivity contribution in [2.75, 3.05) is 32.7 Å². The van der Waals surface area contributed by atoms with Gasteiger partial charge in [0.2, 0.25) is 5.91 Å². The third-order valence-corrected chi connectivity index (χ3v) is 5.15. The number of fused-ring (bicyclic) bond motifs is 1. The van der Waals surface area contributed by atoms with Gasteiger partial charge in [0, 0.05) is 32.1 Å². The summed E-state index contributed by atoms with van der Waals surface area (Å²) < 4.78 is 0. The molecular formula is C19H26N4O2. The minimum absolute atomic E-state index is 0.136. The molecule has 0 spiro atoms. The second-order valence-corrected chi connectivity index (χ2v) is 6.74. The van der Waals surface area contributed by atoms with Gasteiger partial charge in [-0.1, -0.05) is 32.1 Å². The van der Waals surface area contributed by atoms with Crippen LogP contribution in [0.3, 0.4) is 0 Å². The van der Waals surface area contributed by atoms with Crippen LogP contribution in [0.1, 0.15) is 26.7 Å². The molecule has 1 aliphatic carbocycles. The summed E-state index contributed by atoms with van der Waals surface area (Å²) in [7, 11) is 0. The molecule has 1 atom stereocenters. The largest absolute Gasteiger partial charge is 0.340 e. The third-order valence-electron chi connectivity index (χ3n) is 5.15. The first-order valence-corrected chi connectivity index (χ1v) is 9.18. The van der Waals surface area contributed by atoms with Crippen LogP contribution in [0.15, 0.2) is 34.3 Å². The van der Waals surface area contributed by atoms with E-state index in [9.17, 15) is 9.59 Å². The quantitative estimate of drug-likeness (QED) is 0.764. The lowest BCUT2D eigenvalue weighted by Crippen LogP contribution is -2.51. The predicted octanol–water partition coefficient (Wildman–Crippen LogP) is 1.69. The second-order valence-electron chi connectivity index (χ2n) is 6.74. The average molecular weight is 342 g/mol. The Hall–Kier alpha value is -2.08. The standard InChI is InChI=1S/C19H26N4O2/c1-3-14(4-2)19(25)23-11-9-22(10-12-23)13-17-20-16-8-6-5-7-15(16)18(24)21-17/h5-8,14-15H,3-4,9-13H2,1-2H3. The van der Waals surface area contributed by atoms with Crippen LogP contribution < -0.4 is 0 Å². The molecule has 2 heterocycles. The molecule has 0 aromatic carbocycles. The summed E-state index contributed by atoms with van der Waals surface area (Å²) in [6.07, 6.45) is 9.27. The number of carbonyl (C=O) groups excluding carboxylic acids is 2. The molecule has 0 N–H and O–H groups in total. The average Bonchev–Trinajstić information content (AvgIpc) is 2.63. The molecule has 2 amide bonds. The normalized spacial score (nSPS) is 23.6. The fourth-order valence-corrected chi connectivity index (χ4v) is 3.51. The van der Waals surface area contributed by atoms with Gasteiger partial charge in [0.05, 0.1) is 12.3 Å². The molecule has 0 saturated carbocycles. The Morgan fingerprint density at radius 3 is 2.56 bits per heavy atom. The highest BCUT2D eigenvalue weighted by Crippen LogP contribution is 2.17. The van der Waals surface area contributed by atoms with Gasteiger partial charge in [-0.25, -0.2) is 4.99 Å². The number of piperazine rings is 1. The molecule has 1 saturated heterocycles. The van der Waals surface area contributed by atoms with Crippen LogP contribution >= 0.6 is 0 Å². The summed E-state index contributed by atoms with van der Waals surface area (Å²) in [6.45, 7) is 7.76. The van der Waals surface area contributed by atoms with E-state index in [1.807, 2.05) is 29.2 Å². The maximum Gasteiger partial charge on any atom is 0.260 e. The Morgan fingerprint density at radius 2 is 1.88 bits per heavy atom. The van der Waals surface area contributed by atoms with Crippen molar-refractivity contribution in [3.63, 3.8) is 0 Å². The van der Waals surface area contributed by atoms with Crippen LogP contribution in [0.2, 0.25) is 0 Å². The first-order chi connectivity index (χ1) is 12.1. The Labute approximate surface area is 149 Å². The fourth-order valence-electron chi connectivity index (χ4n) is 3.51. The number of nitrogens with zero attached hydrogens (tertiary/aromatic N) is 4. The Balaban J connectivity index is 1.55. The second kappa shape index (κ2) is 7.87. The van der Waals surface area contributed by atoms with Crippen LogP contribution in [0.25, 0.3) is 0 Å². The van der Waals surface area contributed by atoms with E-state index in [1.54, 1.807) is 0 Å². The van der Waals surface area contributed by atoms with Crippen LogP contribution in [0.4, 0.5) is 0 Å². The Morgan fingerprint density at radius 1 is 1.16 bits per heavy atom. The Kier molecular flexibility index (Phi) is 5.58. The molecule has 0 aromatic rings. The highest BCUT2D eigenvalue weighted by molar-refractivity contribution is 6.21. The van der Waals surface area contributed by atoms with Gasteiger partial charge in [-0.05, 0) is 18.9 Å². The SMILES string of the molecule is CCC(CC)C(=O)N1CCN(CC2=NC(=O)C3C=CC=CC3=N2)CC1. The van der Waals surface area contributed by atoms with E-state index >= 15 is 0 Å². The van der Waals surface area contributed by atoms with E-state index in [4.69, 9.17) is 0 Å². The van der Waals surface area contributed by atoms with Crippen LogP contribution in [-0.2, 0) is 9.59 Å². The lowest BCUT2D eigenvalue weighted by molar-refractivity contribution is -0.137. The highest BCUT2D eigenvalue weighted by atomic mass is 16.2. The molecule has 0 radical (unpaired) electrons. The van der Waals surface area contributed by atoms with E-state index in [0.717, 1.165) is 44.7 Å². The third kappa shape index (κ3) is 3.95. The molecule has 3 rings (SSSR count). The van der Waals surface area contributed by atoms with Gasteiger partial charge in [-0.2, -0.15) is 4.99 Å². The van der Waals surface area contributed by atoms with Gasteiger partial charge in [0.25, 0.3) is 5.91 Å². The van der Waals surface area contributed by atoms with Crippen molar-refractivity contribution in [3.8, 4) is 0 Å². The van der Waals surface area contributed by atoms with Crippen molar-refractivity contribution < 1.29 is 9.59 Å². The molecule has 1 unspecified atom stereocenters. The van der Waals surface area contributed by atoms with Crippen LogP contribution in [-0.4, -0.2) is 65.9 Å². The first-order valence-electron chi connectivity index (χ1n) is 9.18. The Bertz CT molecular complexity index is 650. The van der Waals surface area contributed by atoms with Gasteiger partial charge in [-0.3, -0.25) is 14.5 Å². The number of carbonyl (C=O) groups is 2. The van der Waals surface area contributed by atoms with E-state index in [0.29, 0.717) is 12.4 Å². The van der Waals surface area contributed by atoms with Gasteiger partial charge >= 0.3 is 0 Å². The van der Waals surface area contributed by atoms with E-state index in [-0.39, 0.29) is 23.7 Å². The van der Waals surface area contributed by atoms with E-state index in [1.165, 1.54) is 0 Å². The van der Waals surface area contributed by atoms with Crippen molar-refractivity contribution in [1.29, 1.82) is 0 Å². The maximum atomic E-state index is 12.5. The van der Waals surface area contributed by atoms with Gasteiger partial charge in [0.15, 0.2) is 0 Å². The summed E-state index contributed by atoms with van der Waals surface area (Å²) in [5.74, 6) is 0.542. The monoisotopic (exact) mass is 342 g/mol. The zero-order valence-corrected chi connectivity index (χ0v) is 15.0. The van der Waals surface area contributed by atoms with Crippen molar-refractivity contribution >= 4 is 23.4 Å². The summed E-state index contributed by atoms with van der Waals surface area (Å²) in [5.41, 5.74) is 0.778. The van der Waals surface area contributed by atoms with Gasteiger partial charge in [-0.15, -0.1) is 0 Å². The fraction of sp³-hybridized carbons (Fsp3) is 0.579. The van der Waals surface area contributed by atoms with E-state index < -0.39 is 0 Å². The minimum atomic E-state index is -0.316. The number of amidine groups is 1. The van der Waals surface area contributed by atoms with Crippen LogP contribution in [0.5, 0.6) is 0 Å². The van der Waals surface area contributed by atoms with Crippen molar-refractivity contribution in [1.82, 2.24) is 9.80 Å². The van der Waals surface area contributed by atoms with Crippen molar-refractivity contribution in [2.45, 2.75) is 26.7 Å². The molecule has 0 aromatic heterocycles. The first kappa shape index (κ1) is 17.7. The number of amides is 2. The summed E-state index contributed by atoms with van der Waals surface area (Å²) in [5, 5.41) is 0.